The minimum Gasteiger partial charge on any atom is -0.478 e. The van der Waals surface area contributed by atoms with Gasteiger partial charge in [0.1, 0.15) is 0 Å². The molecule has 0 heterocycles. The molecule has 0 aromatic heterocycles. The molecule has 0 bridgehead atoms. The van der Waals surface area contributed by atoms with Gasteiger partial charge in [-0.15, -0.1) is 0 Å². The number of carbonyl (C=O) groups is 1. The Morgan fingerprint density at radius 2 is 1.33 bits per heavy atom. The number of hydrogen-bond acceptors (Lipinski definition) is 2. The van der Waals surface area contributed by atoms with Crippen LogP contribution in [0, 0.1) is 0 Å². The maximum Gasteiger partial charge on any atom is 0.335 e. The molecule has 2 rings (SSSR count). The Bertz CT molecular complexity index is 568. The van der Waals surface area contributed by atoms with E-state index in [0.29, 0.717) is 5.56 Å². The number of rotatable bonds is 3. The average molecular weight is 239 g/mol. The lowest BCUT2D eigenvalue weighted by Crippen LogP contribution is -1.94. The van der Waals surface area contributed by atoms with E-state index >= 15 is 0 Å². The van der Waals surface area contributed by atoms with Gasteiger partial charge in [-0.05, 0) is 35.4 Å². The van der Waals surface area contributed by atoms with Crippen LogP contribution in [0.3, 0.4) is 0 Å². The number of carboxylic acid groups (broad SMARTS) is 1. The molecule has 2 aromatic carbocycles. The monoisotopic (exact) mass is 239 g/mol. The molecule has 90 valence electrons. The number of aromatic carboxylic acids is 1. The fourth-order valence-corrected chi connectivity index (χ4v) is 1.54. The van der Waals surface area contributed by atoms with Crippen molar-refractivity contribution in [3.63, 3.8) is 0 Å². The fourth-order valence-electron chi connectivity index (χ4n) is 1.54. The van der Waals surface area contributed by atoms with Crippen LogP contribution in [-0.2, 0) is 0 Å². The van der Waals surface area contributed by atoms with Gasteiger partial charge >= 0.3 is 5.97 Å². The predicted molar refractivity (Wildman–Crippen MR) is 73.2 cm³/mol. The van der Waals surface area contributed by atoms with Crippen LogP contribution in [0.1, 0.15) is 21.5 Å². The number of hydrogen-bond donors (Lipinski definition) is 2. The Labute approximate surface area is 105 Å². The summed E-state index contributed by atoms with van der Waals surface area (Å²) in [5, 5.41) is 8.78. The summed E-state index contributed by atoms with van der Waals surface area (Å²) in [6.07, 6.45) is 3.88. The van der Waals surface area contributed by atoms with Crippen LogP contribution >= 0.6 is 0 Å². The third-order valence-corrected chi connectivity index (χ3v) is 2.56. The van der Waals surface area contributed by atoms with E-state index in [4.69, 9.17) is 10.8 Å². The van der Waals surface area contributed by atoms with Crippen molar-refractivity contribution in [2.24, 2.45) is 0 Å². The topological polar surface area (TPSA) is 63.3 Å². The second-order valence-electron chi connectivity index (χ2n) is 3.93. The first kappa shape index (κ1) is 11.9. The molecule has 18 heavy (non-hydrogen) atoms. The molecule has 0 spiro atoms. The van der Waals surface area contributed by atoms with Gasteiger partial charge in [0.25, 0.3) is 0 Å². The first-order chi connectivity index (χ1) is 8.65. The highest BCUT2D eigenvalue weighted by Gasteiger charge is 1.99. The molecular formula is C15H13NO2. The second kappa shape index (κ2) is 5.19. The summed E-state index contributed by atoms with van der Waals surface area (Å²) >= 11 is 0. The molecular weight excluding hydrogens is 226 g/mol. The standard InChI is InChI=1S/C15H13NO2/c16-14-9-5-12(6-10-14)2-1-11-3-7-13(8-4-11)15(17)18/h1-10H,16H2,(H,17,18)/b2-1+. The van der Waals surface area contributed by atoms with E-state index in [2.05, 4.69) is 0 Å². The summed E-state index contributed by atoms with van der Waals surface area (Å²) in [5.74, 6) is -0.913. The van der Waals surface area contributed by atoms with Gasteiger partial charge in [0.05, 0.1) is 5.56 Å². The third kappa shape index (κ3) is 2.98. The molecule has 0 saturated heterocycles. The van der Waals surface area contributed by atoms with E-state index in [9.17, 15) is 4.79 Å². The Kier molecular flexibility index (Phi) is 3.44. The first-order valence-corrected chi connectivity index (χ1v) is 5.52. The van der Waals surface area contributed by atoms with Crippen molar-refractivity contribution < 1.29 is 9.90 Å². The van der Waals surface area contributed by atoms with Crippen molar-refractivity contribution in [2.45, 2.75) is 0 Å². The molecule has 0 aliphatic heterocycles. The van der Waals surface area contributed by atoms with E-state index in [1.54, 1.807) is 24.3 Å². The first-order valence-electron chi connectivity index (χ1n) is 5.52. The predicted octanol–water partition coefficient (Wildman–Crippen LogP) is 3.14. The second-order valence-corrected chi connectivity index (χ2v) is 3.93. The number of anilines is 1. The van der Waals surface area contributed by atoms with Gasteiger partial charge in [-0.1, -0.05) is 36.4 Å². The summed E-state index contributed by atoms with van der Waals surface area (Å²) in [5.41, 5.74) is 8.63. The molecule has 3 nitrogen and oxygen atoms in total. The molecule has 2 aromatic rings. The SMILES string of the molecule is Nc1ccc(/C=C/c2ccc(C(=O)O)cc2)cc1. The highest BCUT2D eigenvalue weighted by molar-refractivity contribution is 5.88. The van der Waals surface area contributed by atoms with Crippen molar-refractivity contribution in [2.75, 3.05) is 5.73 Å². The Morgan fingerprint density at radius 1 is 0.889 bits per heavy atom. The zero-order chi connectivity index (χ0) is 13.0. The largest absolute Gasteiger partial charge is 0.478 e. The number of benzene rings is 2. The van der Waals surface area contributed by atoms with Crippen LogP contribution in [0.15, 0.2) is 48.5 Å². The maximum atomic E-state index is 10.7. The highest BCUT2D eigenvalue weighted by Crippen LogP contribution is 2.11. The molecule has 3 heteroatoms. The summed E-state index contributed by atoms with van der Waals surface area (Å²) in [6, 6.07) is 14.3. The summed E-state index contributed by atoms with van der Waals surface area (Å²) in [7, 11) is 0. The Balaban J connectivity index is 2.13. The third-order valence-electron chi connectivity index (χ3n) is 2.56. The highest BCUT2D eigenvalue weighted by atomic mass is 16.4. The van der Waals surface area contributed by atoms with Gasteiger partial charge < -0.3 is 10.8 Å². The lowest BCUT2D eigenvalue weighted by atomic mass is 10.1. The van der Waals surface area contributed by atoms with Crippen molar-refractivity contribution in [1.82, 2.24) is 0 Å². The number of carboxylic acids is 1. The van der Waals surface area contributed by atoms with Gasteiger partial charge in [0.2, 0.25) is 0 Å². The minimum atomic E-state index is -0.913. The molecule has 0 fully saturated rings. The molecule has 3 N–H and O–H groups in total. The number of nitrogens with two attached hydrogens (primary N) is 1. The quantitative estimate of drug-likeness (QED) is 0.639. The van der Waals surface area contributed by atoms with Crippen LogP contribution in [0.5, 0.6) is 0 Å². The van der Waals surface area contributed by atoms with Gasteiger partial charge in [0.15, 0.2) is 0 Å². The molecule has 0 radical (unpaired) electrons. The smallest absolute Gasteiger partial charge is 0.335 e. The number of nitrogen functional groups attached to an aromatic ring is 1. The zero-order valence-electron chi connectivity index (χ0n) is 9.71. The lowest BCUT2D eigenvalue weighted by molar-refractivity contribution is 0.0697. The molecule has 0 aliphatic rings. The van der Waals surface area contributed by atoms with E-state index in [1.165, 1.54) is 0 Å². The van der Waals surface area contributed by atoms with Crippen LogP contribution in [-0.4, -0.2) is 11.1 Å². The van der Waals surface area contributed by atoms with Gasteiger partial charge in [-0.2, -0.15) is 0 Å². The van der Waals surface area contributed by atoms with Crippen molar-refractivity contribution in [1.29, 1.82) is 0 Å². The van der Waals surface area contributed by atoms with Gasteiger partial charge in [0, 0.05) is 5.69 Å². The fraction of sp³-hybridized carbons (Fsp3) is 0. The van der Waals surface area contributed by atoms with Crippen LogP contribution < -0.4 is 5.73 Å². The normalized spacial score (nSPS) is 10.7. The molecule has 0 aliphatic carbocycles. The van der Waals surface area contributed by atoms with Crippen LogP contribution in [0.4, 0.5) is 5.69 Å². The summed E-state index contributed by atoms with van der Waals surface area (Å²) in [6.45, 7) is 0. The van der Waals surface area contributed by atoms with Gasteiger partial charge in [-0.25, -0.2) is 4.79 Å². The summed E-state index contributed by atoms with van der Waals surface area (Å²) < 4.78 is 0. The van der Waals surface area contributed by atoms with Crippen LogP contribution in [0.2, 0.25) is 0 Å². The maximum absolute atomic E-state index is 10.7. The van der Waals surface area contributed by atoms with Crippen molar-refractivity contribution in [3.05, 3.63) is 65.2 Å². The molecule has 0 amide bonds. The molecule has 0 atom stereocenters. The van der Waals surface area contributed by atoms with E-state index in [0.717, 1.165) is 16.8 Å². The zero-order valence-corrected chi connectivity index (χ0v) is 9.71. The van der Waals surface area contributed by atoms with E-state index in [-0.39, 0.29) is 0 Å². The average Bonchev–Trinajstić information content (AvgIpc) is 2.38. The van der Waals surface area contributed by atoms with Crippen molar-refractivity contribution >= 4 is 23.8 Å². The Morgan fingerprint density at radius 3 is 1.78 bits per heavy atom. The lowest BCUT2D eigenvalue weighted by Gasteiger charge is -1.97. The van der Waals surface area contributed by atoms with Crippen molar-refractivity contribution in [3.8, 4) is 0 Å². The summed E-state index contributed by atoms with van der Waals surface area (Å²) in [4.78, 5) is 10.7. The molecule has 0 saturated carbocycles. The van der Waals surface area contributed by atoms with E-state index in [1.807, 2.05) is 36.4 Å². The van der Waals surface area contributed by atoms with Crippen LogP contribution in [0.25, 0.3) is 12.2 Å². The van der Waals surface area contributed by atoms with E-state index < -0.39 is 5.97 Å². The van der Waals surface area contributed by atoms with Gasteiger partial charge in [-0.3, -0.25) is 0 Å². The molecule has 0 unspecified atom stereocenters. The Hall–Kier alpha value is -2.55. The minimum absolute atomic E-state index is 0.291.